The molecule has 60 valence electrons. The number of anilines is 1. The van der Waals surface area contributed by atoms with E-state index in [2.05, 4.69) is 12.2 Å². The zero-order valence-electron chi connectivity index (χ0n) is 6.89. The number of aromatic hydroxyl groups is 1. The summed E-state index contributed by atoms with van der Waals surface area (Å²) in [6.07, 6.45) is 0.935. The number of rotatable bonds is 2. The third-order valence-corrected chi connectivity index (χ3v) is 1.74. The molecule has 0 heterocycles. The Kier molecular flexibility index (Phi) is 2.36. The second kappa shape index (κ2) is 3.28. The number of hydrogen-bond acceptors (Lipinski definition) is 2. The van der Waals surface area contributed by atoms with E-state index in [1.54, 1.807) is 12.1 Å². The van der Waals surface area contributed by atoms with Gasteiger partial charge in [-0.3, -0.25) is 0 Å². The van der Waals surface area contributed by atoms with Gasteiger partial charge in [0.2, 0.25) is 0 Å². The van der Waals surface area contributed by atoms with Gasteiger partial charge < -0.3 is 10.4 Å². The van der Waals surface area contributed by atoms with Crippen LogP contribution in [0.2, 0.25) is 0 Å². The summed E-state index contributed by atoms with van der Waals surface area (Å²) in [4.78, 5) is 0. The molecule has 0 saturated heterocycles. The molecule has 1 rings (SSSR count). The summed E-state index contributed by atoms with van der Waals surface area (Å²) < 4.78 is 0. The van der Waals surface area contributed by atoms with Crippen molar-refractivity contribution in [3.63, 3.8) is 0 Å². The zero-order chi connectivity index (χ0) is 8.27. The van der Waals surface area contributed by atoms with Gasteiger partial charge in [-0.05, 0) is 30.2 Å². The highest BCUT2D eigenvalue weighted by atomic mass is 16.3. The normalized spacial score (nSPS) is 9.64. The molecular formula is C9H13NO. The minimum Gasteiger partial charge on any atom is -0.508 e. The third kappa shape index (κ3) is 1.64. The molecule has 0 aliphatic rings. The summed E-state index contributed by atoms with van der Waals surface area (Å²) in [7, 11) is 1.88. The molecule has 0 aliphatic carbocycles. The van der Waals surface area contributed by atoms with E-state index in [0.717, 1.165) is 17.7 Å². The highest BCUT2D eigenvalue weighted by Crippen LogP contribution is 2.20. The summed E-state index contributed by atoms with van der Waals surface area (Å²) in [5.74, 6) is 0.334. The molecule has 0 atom stereocenters. The molecule has 1 aromatic rings. The lowest BCUT2D eigenvalue weighted by Crippen LogP contribution is -1.93. The predicted octanol–water partition coefficient (Wildman–Crippen LogP) is 2.00. The Morgan fingerprint density at radius 3 is 2.73 bits per heavy atom. The number of hydrogen-bond donors (Lipinski definition) is 2. The maximum atomic E-state index is 9.14. The molecule has 0 unspecified atom stereocenters. The van der Waals surface area contributed by atoms with Crippen LogP contribution in [0.15, 0.2) is 18.2 Å². The van der Waals surface area contributed by atoms with Crippen LogP contribution in [0.25, 0.3) is 0 Å². The molecule has 0 saturated carbocycles. The number of benzene rings is 1. The number of phenols is 1. The lowest BCUT2D eigenvalue weighted by Gasteiger charge is -2.06. The first-order valence-corrected chi connectivity index (χ1v) is 3.77. The minimum absolute atomic E-state index is 0.334. The van der Waals surface area contributed by atoms with Gasteiger partial charge in [0.05, 0.1) is 0 Å². The zero-order valence-corrected chi connectivity index (χ0v) is 6.89. The predicted molar refractivity (Wildman–Crippen MR) is 47.0 cm³/mol. The van der Waals surface area contributed by atoms with Gasteiger partial charge in [-0.15, -0.1) is 0 Å². The lowest BCUT2D eigenvalue weighted by atomic mass is 10.1. The van der Waals surface area contributed by atoms with Crippen molar-refractivity contribution in [2.75, 3.05) is 12.4 Å². The lowest BCUT2D eigenvalue weighted by molar-refractivity contribution is 0.474. The number of nitrogens with one attached hydrogen (secondary N) is 1. The molecule has 0 radical (unpaired) electrons. The summed E-state index contributed by atoms with van der Waals surface area (Å²) in [6, 6.07) is 5.35. The average molecular weight is 151 g/mol. The van der Waals surface area contributed by atoms with Crippen LogP contribution in [0, 0.1) is 0 Å². The molecule has 2 nitrogen and oxygen atoms in total. The van der Waals surface area contributed by atoms with E-state index in [4.69, 9.17) is 5.11 Å². The van der Waals surface area contributed by atoms with Crippen molar-refractivity contribution in [3.05, 3.63) is 23.8 Å². The third-order valence-electron chi connectivity index (χ3n) is 1.74. The smallest absolute Gasteiger partial charge is 0.116 e. The van der Waals surface area contributed by atoms with Crippen molar-refractivity contribution < 1.29 is 5.11 Å². The highest BCUT2D eigenvalue weighted by molar-refractivity contribution is 5.53. The standard InChI is InChI=1S/C9H13NO/c1-3-7-6-8(11)4-5-9(7)10-2/h4-6,10-11H,3H2,1-2H3. The van der Waals surface area contributed by atoms with Crippen molar-refractivity contribution >= 4 is 5.69 Å². The Morgan fingerprint density at radius 2 is 2.18 bits per heavy atom. The van der Waals surface area contributed by atoms with Crippen molar-refractivity contribution in [1.29, 1.82) is 0 Å². The van der Waals surface area contributed by atoms with Crippen LogP contribution in [0.3, 0.4) is 0 Å². The molecule has 11 heavy (non-hydrogen) atoms. The van der Waals surface area contributed by atoms with Gasteiger partial charge in [0, 0.05) is 12.7 Å². The van der Waals surface area contributed by atoms with Crippen LogP contribution in [-0.2, 0) is 6.42 Å². The SMILES string of the molecule is CCc1cc(O)ccc1NC. The Morgan fingerprint density at radius 1 is 1.45 bits per heavy atom. The molecule has 2 N–H and O–H groups in total. The molecule has 0 amide bonds. The molecular weight excluding hydrogens is 138 g/mol. The maximum Gasteiger partial charge on any atom is 0.116 e. The summed E-state index contributed by atoms with van der Waals surface area (Å²) in [6.45, 7) is 2.07. The molecule has 0 spiro atoms. The Hall–Kier alpha value is -1.18. The monoisotopic (exact) mass is 151 g/mol. The van der Waals surface area contributed by atoms with E-state index in [1.165, 1.54) is 0 Å². The largest absolute Gasteiger partial charge is 0.508 e. The minimum atomic E-state index is 0.334. The molecule has 0 aromatic heterocycles. The quantitative estimate of drug-likeness (QED) is 0.633. The molecule has 1 aromatic carbocycles. The second-order valence-corrected chi connectivity index (χ2v) is 2.45. The highest BCUT2D eigenvalue weighted by Gasteiger charge is 1.98. The molecule has 2 heteroatoms. The second-order valence-electron chi connectivity index (χ2n) is 2.45. The maximum absolute atomic E-state index is 9.14. The van der Waals surface area contributed by atoms with Crippen LogP contribution in [0.1, 0.15) is 12.5 Å². The first kappa shape index (κ1) is 7.92. The van der Waals surface area contributed by atoms with E-state index in [9.17, 15) is 0 Å². The first-order chi connectivity index (χ1) is 5.27. The van der Waals surface area contributed by atoms with E-state index in [0.29, 0.717) is 5.75 Å². The molecule has 0 fully saturated rings. The Balaban J connectivity index is 3.06. The van der Waals surface area contributed by atoms with Gasteiger partial charge in [0.15, 0.2) is 0 Å². The fraction of sp³-hybridized carbons (Fsp3) is 0.333. The van der Waals surface area contributed by atoms with Crippen LogP contribution in [0.4, 0.5) is 5.69 Å². The fourth-order valence-electron chi connectivity index (χ4n) is 1.12. The Labute approximate surface area is 66.9 Å². The van der Waals surface area contributed by atoms with Gasteiger partial charge >= 0.3 is 0 Å². The Bertz CT molecular complexity index is 245. The van der Waals surface area contributed by atoms with Crippen molar-refractivity contribution in [1.82, 2.24) is 0 Å². The first-order valence-electron chi connectivity index (χ1n) is 3.77. The summed E-state index contributed by atoms with van der Waals surface area (Å²) >= 11 is 0. The van der Waals surface area contributed by atoms with Crippen LogP contribution in [0.5, 0.6) is 5.75 Å². The van der Waals surface area contributed by atoms with Crippen molar-refractivity contribution in [2.45, 2.75) is 13.3 Å². The summed E-state index contributed by atoms with van der Waals surface area (Å²) in [5.41, 5.74) is 2.23. The van der Waals surface area contributed by atoms with Crippen LogP contribution < -0.4 is 5.32 Å². The van der Waals surface area contributed by atoms with Gasteiger partial charge in [-0.2, -0.15) is 0 Å². The number of phenolic OH excluding ortho intramolecular Hbond substituents is 1. The van der Waals surface area contributed by atoms with Crippen molar-refractivity contribution in [3.8, 4) is 5.75 Å². The number of aryl methyl sites for hydroxylation is 1. The molecule has 0 aliphatic heterocycles. The van der Waals surface area contributed by atoms with Crippen LogP contribution in [-0.4, -0.2) is 12.2 Å². The van der Waals surface area contributed by atoms with E-state index in [-0.39, 0.29) is 0 Å². The van der Waals surface area contributed by atoms with Gasteiger partial charge in [-0.25, -0.2) is 0 Å². The van der Waals surface area contributed by atoms with Gasteiger partial charge in [0.25, 0.3) is 0 Å². The summed E-state index contributed by atoms with van der Waals surface area (Å²) in [5, 5.41) is 12.2. The van der Waals surface area contributed by atoms with E-state index >= 15 is 0 Å². The van der Waals surface area contributed by atoms with Gasteiger partial charge in [-0.1, -0.05) is 6.92 Å². The van der Waals surface area contributed by atoms with Crippen molar-refractivity contribution in [2.24, 2.45) is 0 Å². The molecule has 0 bridgehead atoms. The fourth-order valence-corrected chi connectivity index (χ4v) is 1.12. The van der Waals surface area contributed by atoms with Crippen LogP contribution >= 0.6 is 0 Å². The van der Waals surface area contributed by atoms with E-state index in [1.807, 2.05) is 13.1 Å². The topological polar surface area (TPSA) is 32.3 Å². The average Bonchev–Trinajstić information content (AvgIpc) is 2.04. The van der Waals surface area contributed by atoms with E-state index < -0.39 is 0 Å². The van der Waals surface area contributed by atoms with Gasteiger partial charge in [0.1, 0.15) is 5.75 Å².